The van der Waals surface area contributed by atoms with Crippen molar-refractivity contribution in [3.8, 4) is 11.1 Å². The number of hydrogen-bond donors (Lipinski definition) is 2. The van der Waals surface area contributed by atoms with Gasteiger partial charge in [0.15, 0.2) is 0 Å². The van der Waals surface area contributed by atoms with Crippen molar-refractivity contribution in [3.05, 3.63) is 72.3 Å². The second-order valence-electron chi connectivity index (χ2n) is 5.64. The minimum absolute atomic E-state index is 0.476. The standard InChI is InChI=1S/C20H19NO2/c1-21-19(20(22)23)12-14-6-8-16(9-7-14)18-11-10-15-4-2-3-5-17(15)13-18/h2-11,13,19,21H,12H2,1H3,(H,22,23)/t19-/m1/s1. The summed E-state index contributed by atoms with van der Waals surface area (Å²) in [5, 5.41) is 14.4. The number of carboxylic acids is 1. The molecule has 0 heterocycles. The van der Waals surface area contributed by atoms with Gasteiger partial charge in [-0.2, -0.15) is 0 Å². The Balaban J connectivity index is 1.84. The second kappa shape index (κ2) is 6.63. The Hall–Kier alpha value is -2.65. The van der Waals surface area contributed by atoms with Gasteiger partial charge < -0.3 is 10.4 Å². The van der Waals surface area contributed by atoms with Gasteiger partial charge in [0.2, 0.25) is 0 Å². The molecule has 3 aromatic rings. The van der Waals surface area contributed by atoms with Crippen LogP contribution in [-0.4, -0.2) is 24.2 Å². The summed E-state index contributed by atoms with van der Waals surface area (Å²) in [4.78, 5) is 11.1. The predicted molar refractivity (Wildman–Crippen MR) is 93.6 cm³/mol. The zero-order valence-corrected chi connectivity index (χ0v) is 13.0. The van der Waals surface area contributed by atoms with Crippen LogP contribution in [0.15, 0.2) is 66.7 Å². The van der Waals surface area contributed by atoms with Crippen molar-refractivity contribution < 1.29 is 9.90 Å². The quantitative estimate of drug-likeness (QED) is 0.755. The molecule has 1 atom stereocenters. The summed E-state index contributed by atoms with van der Waals surface area (Å²) < 4.78 is 0. The molecule has 0 saturated heterocycles. The van der Waals surface area contributed by atoms with Gasteiger partial charge in [-0.15, -0.1) is 0 Å². The number of carboxylic acid groups (broad SMARTS) is 1. The molecule has 0 aliphatic rings. The van der Waals surface area contributed by atoms with E-state index in [1.807, 2.05) is 36.4 Å². The molecule has 3 nitrogen and oxygen atoms in total. The van der Waals surface area contributed by atoms with Crippen LogP contribution >= 0.6 is 0 Å². The number of hydrogen-bond acceptors (Lipinski definition) is 2. The Kier molecular flexibility index (Phi) is 4.40. The van der Waals surface area contributed by atoms with Gasteiger partial charge >= 0.3 is 5.97 Å². The monoisotopic (exact) mass is 305 g/mol. The van der Waals surface area contributed by atoms with E-state index in [-0.39, 0.29) is 0 Å². The first-order valence-electron chi connectivity index (χ1n) is 7.65. The van der Waals surface area contributed by atoms with E-state index in [0.29, 0.717) is 6.42 Å². The molecule has 3 rings (SSSR count). The first kappa shape index (κ1) is 15.3. The van der Waals surface area contributed by atoms with Gasteiger partial charge in [0.1, 0.15) is 6.04 Å². The van der Waals surface area contributed by atoms with Crippen molar-refractivity contribution in [2.75, 3.05) is 7.05 Å². The van der Waals surface area contributed by atoms with Crippen molar-refractivity contribution in [1.29, 1.82) is 0 Å². The molecule has 23 heavy (non-hydrogen) atoms. The lowest BCUT2D eigenvalue weighted by Crippen LogP contribution is -2.35. The first-order valence-corrected chi connectivity index (χ1v) is 7.65. The summed E-state index contributed by atoms with van der Waals surface area (Å²) in [6.45, 7) is 0. The van der Waals surface area contributed by atoms with Crippen molar-refractivity contribution in [2.24, 2.45) is 0 Å². The third-order valence-electron chi connectivity index (χ3n) is 4.12. The summed E-state index contributed by atoms with van der Waals surface area (Å²) >= 11 is 0. The lowest BCUT2D eigenvalue weighted by Gasteiger charge is -2.11. The molecular formula is C20H19NO2. The van der Waals surface area contributed by atoms with Crippen LogP contribution in [0.4, 0.5) is 0 Å². The number of nitrogens with one attached hydrogen (secondary N) is 1. The molecule has 0 unspecified atom stereocenters. The number of rotatable bonds is 5. The Morgan fingerprint density at radius 2 is 1.61 bits per heavy atom. The lowest BCUT2D eigenvalue weighted by atomic mass is 9.98. The average Bonchev–Trinajstić information content (AvgIpc) is 2.59. The molecule has 2 N–H and O–H groups in total. The van der Waals surface area contributed by atoms with Crippen LogP contribution in [0.1, 0.15) is 5.56 Å². The maximum absolute atomic E-state index is 11.1. The minimum Gasteiger partial charge on any atom is -0.480 e. The highest BCUT2D eigenvalue weighted by molar-refractivity contribution is 5.87. The zero-order valence-electron chi connectivity index (χ0n) is 13.0. The van der Waals surface area contributed by atoms with E-state index in [1.165, 1.54) is 16.3 Å². The molecule has 0 aliphatic carbocycles. The Morgan fingerprint density at radius 1 is 0.957 bits per heavy atom. The van der Waals surface area contributed by atoms with Crippen LogP contribution in [0.3, 0.4) is 0 Å². The first-order chi connectivity index (χ1) is 11.2. The van der Waals surface area contributed by atoms with E-state index in [9.17, 15) is 4.79 Å². The molecule has 3 heteroatoms. The fourth-order valence-corrected chi connectivity index (χ4v) is 2.75. The van der Waals surface area contributed by atoms with Crippen LogP contribution < -0.4 is 5.32 Å². The fourth-order valence-electron chi connectivity index (χ4n) is 2.75. The minimum atomic E-state index is -0.828. The SMILES string of the molecule is CN[C@H](Cc1ccc(-c2ccc3ccccc3c2)cc1)C(=O)O. The Bertz CT molecular complexity index is 824. The molecule has 0 fully saturated rings. The summed E-state index contributed by atoms with van der Waals surface area (Å²) in [5.74, 6) is -0.828. The number of benzene rings is 3. The summed E-state index contributed by atoms with van der Waals surface area (Å²) in [6.07, 6.45) is 0.476. The van der Waals surface area contributed by atoms with Crippen molar-refractivity contribution in [1.82, 2.24) is 5.32 Å². The molecule has 0 spiro atoms. The third-order valence-corrected chi connectivity index (χ3v) is 4.12. The number of likely N-dealkylation sites (N-methyl/N-ethyl adjacent to an activating group) is 1. The normalized spacial score (nSPS) is 12.2. The average molecular weight is 305 g/mol. The summed E-state index contributed by atoms with van der Waals surface area (Å²) in [5.41, 5.74) is 3.31. The number of carbonyl (C=O) groups is 1. The number of fused-ring (bicyclic) bond motifs is 1. The van der Waals surface area contributed by atoms with Crippen LogP contribution in [-0.2, 0) is 11.2 Å². The van der Waals surface area contributed by atoms with E-state index in [1.54, 1.807) is 7.05 Å². The second-order valence-corrected chi connectivity index (χ2v) is 5.64. The van der Waals surface area contributed by atoms with E-state index in [4.69, 9.17) is 5.11 Å². The maximum atomic E-state index is 11.1. The molecule has 116 valence electrons. The molecule has 3 aromatic carbocycles. The molecule has 0 bridgehead atoms. The highest BCUT2D eigenvalue weighted by atomic mass is 16.4. The summed E-state index contributed by atoms with van der Waals surface area (Å²) in [7, 11) is 1.67. The molecule has 0 saturated carbocycles. The van der Waals surface area contributed by atoms with Gasteiger partial charge in [-0.25, -0.2) is 0 Å². The largest absolute Gasteiger partial charge is 0.480 e. The third kappa shape index (κ3) is 3.41. The van der Waals surface area contributed by atoms with E-state index in [2.05, 4.69) is 35.6 Å². The molecule has 0 radical (unpaired) electrons. The molecule has 0 aliphatic heterocycles. The zero-order chi connectivity index (χ0) is 16.2. The van der Waals surface area contributed by atoms with Crippen LogP contribution in [0.2, 0.25) is 0 Å². The summed E-state index contributed by atoms with van der Waals surface area (Å²) in [6, 6.07) is 22.3. The highest BCUT2D eigenvalue weighted by Gasteiger charge is 2.15. The Morgan fingerprint density at radius 3 is 2.26 bits per heavy atom. The Labute approximate surface area is 135 Å². The van der Waals surface area contributed by atoms with E-state index in [0.717, 1.165) is 11.1 Å². The van der Waals surface area contributed by atoms with Crippen molar-refractivity contribution in [2.45, 2.75) is 12.5 Å². The van der Waals surface area contributed by atoms with E-state index >= 15 is 0 Å². The number of aliphatic carboxylic acids is 1. The predicted octanol–water partition coefficient (Wildman–Crippen LogP) is 3.72. The van der Waals surface area contributed by atoms with Crippen LogP contribution in [0.25, 0.3) is 21.9 Å². The van der Waals surface area contributed by atoms with Crippen molar-refractivity contribution in [3.63, 3.8) is 0 Å². The molecule has 0 amide bonds. The maximum Gasteiger partial charge on any atom is 0.321 e. The van der Waals surface area contributed by atoms with Gasteiger partial charge in [-0.3, -0.25) is 4.79 Å². The highest BCUT2D eigenvalue weighted by Crippen LogP contribution is 2.25. The van der Waals surface area contributed by atoms with Crippen LogP contribution in [0, 0.1) is 0 Å². The van der Waals surface area contributed by atoms with Crippen molar-refractivity contribution >= 4 is 16.7 Å². The molecular weight excluding hydrogens is 286 g/mol. The van der Waals surface area contributed by atoms with Gasteiger partial charge in [-0.05, 0) is 47.0 Å². The molecule has 0 aromatic heterocycles. The van der Waals surface area contributed by atoms with Gasteiger partial charge in [0.25, 0.3) is 0 Å². The van der Waals surface area contributed by atoms with Gasteiger partial charge in [0, 0.05) is 0 Å². The van der Waals surface area contributed by atoms with Gasteiger partial charge in [0.05, 0.1) is 0 Å². The van der Waals surface area contributed by atoms with E-state index < -0.39 is 12.0 Å². The van der Waals surface area contributed by atoms with Crippen LogP contribution in [0.5, 0.6) is 0 Å². The smallest absolute Gasteiger partial charge is 0.321 e. The topological polar surface area (TPSA) is 49.3 Å². The van der Waals surface area contributed by atoms with Gasteiger partial charge in [-0.1, -0.05) is 60.7 Å². The fraction of sp³-hybridized carbons (Fsp3) is 0.150. The lowest BCUT2D eigenvalue weighted by molar-refractivity contribution is -0.139.